The first kappa shape index (κ1) is 10.6. The fourth-order valence-corrected chi connectivity index (χ4v) is 1.56. The van der Waals surface area contributed by atoms with Gasteiger partial charge in [0.15, 0.2) is 0 Å². The number of nitrogens with zero attached hydrogens (tertiary/aromatic N) is 1. The van der Waals surface area contributed by atoms with Gasteiger partial charge in [0.1, 0.15) is 0 Å². The van der Waals surface area contributed by atoms with E-state index in [9.17, 15) is 0 Å². The van der Waals surface area contributed by atoms with Crippen LogP contribution in [0.4, 0.5) is 5.69 Å². The van der Waals surface area contributed by atoms with Crippen LogP contribution in [0.5, 0.6) is 0 Å². The Labute approximate surface area is 96.5 Å². The van der Waals surface area contributed by atoms with E-state index in [0.29, 0.717) is 0 Å². The quantitative estimate of drug-likeness (QED) is 0.522. The van der Waals surface area contributed by atoms with Gasteiger partial charge in [0.25, 0.3) is 0 Å². The molecule has 0 aliphatic rings. The lowest BCUT2D eigenvalue weighted by Gasteiger charge is -2.01. The van der Waals surface area contributed by atoms with Gasteiger partial charge >= 0.3 is 0 Å². The number of benzene rings is 2. The Morgan fingerprint density at radius 1 is 0.875 bits per heavy atom. The lowest BCUT2D eigenvalue weighted by molar-refractivity contribution is 1.43. The van der Waals surface area contributed by atoms with Crippen LogP contribution in [0.3, 0.4) is 0 Å². The lowest BCUT2D eigenvalue weighted by atomic mass is 10.1. The zero-order chi connectivity index (χ0) is 11.4. The Bertz CT molecular complexity index is 481. The summed E-state index contributed by atoms with van der Waals surface area (Å²) in [5.74, 6) is 0. The van der Waals surface area contributed by atoms with Crippen molar-refractivity contribution in [2.75, 3.05) is 0 Å². The monoisotopic (exact) mass is 210 g/mol. The van der Waals surface area contributed by atoms with Crippen LogP contribution in [0.1, 0.15) is 18.1 Å². The molecule has 0 saturated heterocycles. The summed E-state index contributed by atoms with van der Waals surface area (Å²) in [6.45, 7) is 4.13. The fourth-order valence-electron chi connectivity index (χ4n) is 1.56. The highest BCUT2D eigenvalue weighted by Crippen LogP contribution is 2.13. The maximum Gasteiger partial charge on any atom is 0.0633 e. The van der Waals surface area contributed by atoms with Crippen molar-refractivity contribution in [3.8, 4) is 0 Å². The normalized spacial score (nSPS) is 11.5. The van der Waals surface area contributed by atoms with E-state index in [0.717, 1.165) is 11.4 Å². The minimum Gasteiger partial charge on any atom is -0.253 e. The molecule has 0 radical (unpaired) electrons. The second-order valence-electron chi connectivity index (χ2n) is 3.90. The smallest absolute Gasteiger partial charge is 0.0633 e. The molecule has 80 valence electrons. The van der Waals surface area contributed by atoms with E-state index in [1.807, 2.05) is 37.3 Å². The largest absolute Gasteiger partial charge is 0.253 e. The summed E-state index contributed by atoms with van der Waals surface area (Å²) in [7, 11) is 0. The summed E-state index contributed by atoms with van der Waals surface area (Å²) in [6, 6.07) is 18.5. The van der Waals surface area contributed by atoms with Crippen molar-refractivity contribution in [2.24, 2.45) is 4.99 Å². The van der Waals surface area contributed by atoms with Crippen LogP contribution < -0.4 is 0 Å². The van der Waals surface area contributed by atoms with Gasteiger partial charge in [0, 0.05) is 5.71 Å². The van der Waals surface area contributed by atoms with Crippen LogP contribution in [0.2, 0.25) is 0 Å². The molecule has 2 aromatic carbocycles. The van der Waals surface area contributed by atoms with E-state index in [1.54, 1.807) is 0 Å². The zero-order valence-electron chi connectivity index (χ0n) is 9.64. The Kier molecular flexibility index (Phi) is 3.16. The number of rotatable bonds is 2. The summed E-state index contributed by atoms with van der Waals surface area (Å²) in [4.78, 5) is 4.58. The topological polar surface area (TPSA) is 12.4 Å². The summed E-state index contributed by atoms with van der Waals surface area (Å²) in [5.41, 5.74) is 4.50. The van der Waals surface area contributed by atoms with E-state index in [2.05, 4.69) is 36.2 Å². The van der Waals surface area contributed by atoms with Gasteiger partial charge in [0.2, 0.25) is 0 Å². The first-order valence-electron chi connectivity index (χ1n) is 5.43. The molecule has 0 aliphatic heterocycles. The molecule has 1 nitrogen and oxygen atoms in total. The maximum atomic E-state index is 4.58. The first-order valence-corrected chi connectivity index (χ1v) is 5.43. The highest BCUT2D eigenvalue weighted by Gasteiger charge is 1.96. The fraction of sp³-hybridized carbons (Fsp3) is 0.133. The highest BCUT2D eigenvalue weighted by molar-refractivity contribution is 6.00. The predicted octanol–water partition coefficient (Wildman–Crippen LogP) is 4.14. The van der Waals surface area contributed by atoms with Crippen molar-refractivity contribution in [3.63, 3.8) is 0 Å². The van der Waals surface area contributed by atoms with Crippen LogP contribution in [-0.2, 0) is 0 Å². The van der Waals surface area contributed by atoms with Crippen molar-refractivity contribution in [2.45, 2.75) is 13.8 Å². The minimum absolute atomic E-state index is 1.00. The van der Waals surface area contributed by atoms with Gasteiger partial charge in [-0.15, -0.1) is 0 Å². The third-order valence-electron chi connectivity index (χ3n) is 2.52. The van der Waals surface area contributed by atoms with E-state index in [1.165, 1.54) is 11.1 Å². The molecule has 16 heavy (non-hydrogen) atoms. The molecule has 0 bridgehead atoms. The average molecular weight is 210 g/mol. The van der Waals surface area contributed by atoms with Crippen LogP contribution >= 0.6 is 0 Å². The highest BCUT2D eigenvalue weighted by atomic mass is 15.5. The lowest BCUT2D eigenvalue weighted by Crippen LogP contribution is -1.93. The third-order valence-corrected chi connectivity index (χ3v) is 2.52. The summed E-state index contributed by atoms with van der Waals surface area (Å²) >= 11 is 0. The molecule has 2 aromatic rings. The second kappa shape index (κ2) is 4.75. The molecular formula is C15H15N. The Balaban J connectivity index is 2.28. The van der Waals surface area contributed by atoms with Crippen LogP contribution in [-0.4, -0.2) is 5.71 Å². The van der Waals surface area contributed by atoms with Gasteiger partial charge in [-0.1, -0.05) is 48.0 Å². The number of hydrogen-bond acceptors (Lipinski definition) is 1. The number of para-hydroxylation sites is 1. The zero-order valence-corrected chi connectivity index (χ0v) is 9.64. The van der Waals surface area contributed by atoms with Crippen LogP contribution in [0, 0.1) is 6.92 Å². The Morgan fingerprint density at radius 2 is 1.50 bits per heavy atom. The van der Waals surface area contributed by atoms with E-state index in [-0.39, 0.29) is 0 Å². The Hall–Kier alpha value is -1.89. The molecular weight excluding hydrogens is 195 g/mol. The van der Waals surface area contributed by atoms with Gasteiger partial charge in [-0.2, -0.15) is 0 Å². The molecule has 0 spiro atoms. The molecule has 2 rings (SSSR count). The van der Waals surface area contributed by atoms with Crippen molar-refractivity contribution in [1.82, 2.24) is 0 Å². The maximum absolute atomic E-state index is 4.58. The molecule has 0 unspecified atom stereocenters. The van der Waals surface area contributed by atoms with Crippen molar-refractivity contribution in [1.29, 1.82) is 0 Å². The third kappa shape index (κ3) is 2.57. The average Bonchev–Trinajstić information content (AvgIpc) is 2.31. The predicted molar refractivity (Wildman–Crippen MR) is 69.5 cm³/mol. The van der Waals surface area contributed by atoms with E-state index >= 15 is 0 Å². The molecule has 0 saturated carbocycles. The first-order chi connectivity index (χ1) is 7.75. The van der Waals surface area contributed by atoms with E-state index in [4.69, 9.17) is 0 Å². The van der Waals surface area contributed by atoms with Crippen molar-refractivity contribution in [3.05, 3.63) is 65.7 Å². The summed E-state index contributed by atoms with van der Waals surface area (Å²) in [5, 5.41) is 0. The van der Waals surface area contributed by atoms with Gasteiger partial charge in [-0.3, -0.25) is 4.99 Å². The van der Waals surface area contributed by atoms with Gasteiger partial charge in [-0.05, 0) is 31.5 Å². The van der Waals surface area contributed by atoms with Crippen LogP contribution in [0.25, 0.3) is 0 Å². The molecule has 0 heterocycles. The summed E-state index contributed by atoms with van der Waals surface area (Å²) < 4.78 is 0. The molecule has 0 fully saturated rings. The van der Waals surface area contributed by atoms with Gasteiger partial charge < -0.3 is 0 Å². The second-order valence-corrected chi connectivity index (χ2v) is 3.90. The number of aryl methyl sites for hydroxylation is 1. The molecule has 0 aliphatic carbocycles. The Morgan fingerprint density at radius 3 is 2.12 bits per heavy atom. The number of hydrogen-bond donors (Lipinski definition) is 0. The van der Waals surface area contributed by atoms with Crippen molar-refractivity contribution < 1.29 is 0 Å². The molecule has 0 atom stereocenters. The van der Waals surface area contributed by atoms with Gasteiger partial charge in [0.05, 0.1) is 5.69 Å². The molecule has 1 heteroatoms. The molecule has 0 N–H and O–H groups in total. The van der Waals surface area contributed by atoms with Gasteiger partial charge in [-0.25, -0.2) is 0 Å². The number of aliphatic imine (C=N–C) groups is 1. The SMILES string of the molecule is CC(=[15N]c1ccccc1)c1ccc(C)cc1. The van der Waals surface area contributed by atoms with Crippen LogP contribution in [0.15, 0.2) is 59.6 Å². The minimum atomic E-state index is 1.00. The molecule has 0 amide bonds. The molecule has 0 aromatic heterocycles. The standard InChI is InChI=1S/C15H15N/c1-12-8-10-14(11-9-12)13(2)16-15-6-4-3-5-7-15/h3-11H,1-2H3/i16+1. The van der Waals surface area contributed by atoms with E-state index < -0.39 is 0 Å². The van der Waals surface area contributed by atoms with Crippen molar-refractivity contribution >= 4 is 11.4 Å². The summed E-state index contributed by atoms with van der Waals surface area (Å²) in [6.07, 6.45) is 0.